The monoisotopic (exact) mass is 348 g/mol. The van der Waals surface area contributed by atoms with Gasteiger partial charge in [0.2, 0.25) is 0 Å². The highest BCUT2D eigenvalue weighted by Gasteiger charge is 2.14. The van der Waals surface area contributed by atoms with Crippen LogP contribution >= 0.6 is 0 Å². The summed E-state index contributed by atoms with van der Waals surface area (Å²) in [6.07, 6.45) is 0. The summed E-state index contributed by atoms with van der Waals surface area (Å²) in [4.78, 5) is 9.06. The molecule has 0 spiro atoms. The Morgan fingerprint density at radius 2 is 1.69 bits per heavy atom. The molecule has 0 amide bonds. The van der Waals surface area contributed by atoms with Crippen molar-refractivity contribution in [1.82, 2.24) is 9.97 Å². The van der Waals surface area contributed by atoms with E-state index in [1.807, 2.05) is 50.2 Å². The van der Waals surface area contributed by atoms with E-state index in [4.69, 9.17) is 14.7 Å². The highest BCUT2D eigenvalue weighted by Crippen LogP contribution is 2.35. The molecular weight excluding hydrogens is 328 g/mol. The number of aromatic nitrogens is 2. The lowest BCUT2D eigenvalue weighted by Crippen LogP contribution is -2.09. The lowest BCUT2D eigenvalue weighted by Gasteiger charge is -2.18. The predicted octanol–water partition coefficient (Wildman–Crippen LogP) is 4.00. The molecule has 1 unspecified atom stereocenters. The van der Waals surface area contributed by atoms with Crippen LogP contribution in [-0.2, 0) is 0 Å². The van der Waals surface area contributed by atoms with E-state index >= 15 is 0 Å². The van der Waals surface area contributed by atoms with Crippen LogP contribution in [0.25, 0.3) is 10.9 Å². The second kappa shape index (κ2) is 7.28. The van der Waals surface area contributed by atoms with Gasteiger partial charge < -0.3 is 14.8 Å². The van der Waals surface area contributed by atoms with Crippen molar-refractivity contribution in [3.8, 4) is 17.6 Å². The molecule has 0 aliphatic rings. The van der Waals surface area contributed by atoms with Gasteiger partial charge in [0.05, 0.1) is 31.4 Å². The number of hydrogen-bond acceptors (Lipinski definition) is 6. The van der Waals surface area contributed by atoms with Gasteiger partial charge in [0, 0.05) is 17.5 Å². The minimum absolute atomic E-state index is 0.00772. The quantitative estimate of drug-likeness (QED) is 0.751. The molecule has 1 aromatic heterocycles. The summed E-state index contributed by atoms with van der Waals surface area (Å²) in [5.74, 6) is 2.65. The first-order chi connectivity index (χ1) is 12.5. The van der Waals surface area contributed by atoms with Crippen LogP contribution in [0.3, 0.4) is 0 Å². The minimum Gasteiger partial charge on any atom is -0.493 e. The predicted molar refractivity (Wildman–Crippen MR) is 101 cm³/mol. The zero-order valence-electron chi connectivity index (χ0n) is 15.2. The molecule has 1 heterocycles. The fourth-order valence-corrected chi connectivity index (χ4v) is 2.82. The molecule has 3 rings (SSSR count). The lowest BCUT2D eigenvalue weighted by atomic mass is 10.1. The van der Waals surface area contributed by atoms with Gasteiger partial charge in [-0.1, -0.05) is 12.1 Å². The first-order valence-electron chi connectivity index (χ1n) is 8.22. The van der Waals surface area contributed by atoms with Crippen LogP contribution in [0.4, 0.5) is 5.82 Å². The van der Waals surface area contributed by atoms with Crippen LogP contribution in [0.1, 0.15) is 29.9 Å². The Morgan fingerprint density at radius 1 is 1.04 bits per heavy atom. The van der Waals surface area contributed by atoms with Gasteiger partial charge in [-0.15, -0.1) is 0 Å². The van der Waals surface area contributed by atoms with Crippen molar-refractivity contribution in [3.05, 3.63) is 53.3 Å². The molecular formula is C20H20N4O2. The highest BCUT2D eigenvalue weighted by molar-refractivity contribution is 5.92. The molecule has 0 aliphatic heterocycles. The van der Waals surface area contributed by atoms with Gasteiger partial charge in [-0.3, -0.25) is 0 Å². The molecule has 0 radical (unpaired) electrons. The summed E-state index contributed by atoms with van der Waals surface area (Å²) in [7, 11) is 3.20. The van der Waals surface area contributed by atoms with Gasteiger partial charge in [-0.2, -0.15) is 5.26 Å². The van der Waals surface area contributed by atoms with E-state index in [1.165, 1.54) is 0 Å². The summed E-state index contributed by atoms with van der Waals surface area (Å²) in [5, 5.41) is 13.2. The number of nitrogens with one attached hydrogen (secondary N) is 1. The third kappa shape index (κ3) is 3.38. The number of benzene rings is 2. The molecule has 0 bridgehead atoms. The maximum atomic E-state index is 8.94. The smallest absolute Gasteiger partial charge is 0.162 e. The Balaban J connectivity index is 2.01. The Bertz CT molecular complexity index is 978. The lowest BCUT2D eigenvalue weighted by molar-refractivity contribution is 0.356. The summed E-state index contributed by atoms with van der Waals surface area (Å²) >= 11 is 0. The average molecular weight is 348 g/mol. The molecule has 6 heteroatoms. The van der Waals surface area contributed by atoms with Gasteiger partial charge in [0.25, 0.3) is 0 Å². The number of ether oxygens (including phenoxy) is 2. The Kier molecular flexibility index (Phi) is 4.90. The molecule has 6 nitrogen and oxygen atoms in total. The second-order valence-electron chi connectivity index (χ2n) is 5.94. The van der Waals surface area contributed by atoms with Crippen LogP contribution in [0.5, 0.6) is 11.5 Å². The van der Waals surface area contributed by atoms with E-state index in [9.17, 15) is 0 Å². The number of fused-ring (bicyclic) bond motifs is 1. The van der Waals surface area contributed by atoms with Crippen molar-refractivity contribution >= 4 is 16.7 Å². The van der Waals surface area contributed by atoms with Gasteiger partial charge in [0.15, 0.2) is 11.5 Å². The maximum absolute atomic E-state index is 8.94. The molecule has 132 valence electrons. The van der Waals surface area contributed by atoms with E-state index in [0.29, 0.717) is 22.9 Å². The molecule has 0 saturated carbocycles. The first-order valence-corrected chi connectivity index (χ1v) is 8.22. The minimum atomic E-state index is 0.00772. The second-order valence-corrected chi connectivity index (χ2v) is 5.94. The van der Waals surface area contributed by atoms with Crippen molar-refractivity contribution in [2.75, 3.05) is 19.5 Å². The van der Waals surface area contributed by atoms with Gasteiger partial charge >= 0.3 is 0 Å². The molecule has 2 aromatic carbocycles. The standard InChI is InChI=1S/C20H20N4O2/c1-12(15-7-5-14(11-21)6-8-15)22-20-16-9-18(25-3)19(26-4)10-17(16)23-13(2)24-20/h5-10,12H,1-4H3,(H,22,23,24). The molecule has 0 aliphatic carbocycles. The SMILES string of the molecule is COc1cc2nc(C)nc(NC(C)c3ccc(C#N)cc3)c2cc1OC. The summed E-state index contributed by atoms with van der Waals surface area (Å²) in [6.45, 7) is 3.90. The Labute approximate surface area is 152 Å². The van der Waals surface area contributed by atoms with Gasteiger partial charge in [-0.25, -0.2) is 9.97 Å². The number of hydrogen-bond donors (Lipinski definition) is 1. The highest BCUT2D eigenvalue weighted by atomic mass is 16.5. The largest absolute Gasteiger partial charge is 0.493 e. The molecule has 1 atom stereocenters. The zero-order valence-corrected chi connectivity index (χ0v) is 15.2. The summed E-state index contributed by atoms with van der Waals surface area (Å²) in [5.41, 5.74) is 2.49. The van der Waals surface area contributed by atoms with E-state index in [2.05, 4.69) is 21.4 Å². The molecule has 0 fully saturated rings. The fourth-order valence-electron chi connectivity index (χ4n) is 2.82. The van der Waals surface area contributed by atoms with Crippen LogP contribution in [0, 0.1) is 18.3 Å². The van der Waals surface area contributed by atoms with Crippen LogP contribution < -0.4 is 14.8 Å². The Morgan fingerprint density at radius 3 is 2.31 bits per heavy atom. The average Bonchev–Trinajstić information content (AvgIpc) is 2.66. The third-order valence-corrected chi connectivity index (χ3v) is 4.21. The topological polar surface area (TPSA) is 80.1 Å². The van der Waals surface area contributed by atoms with Gasteiger partial charge in [0.1, 0.15) is 11.6 Å². The molecule has 3 aromatic rings. The van der Waals surface area contributed by atoms with Crippen LogP contribution in [0.15, 0.2) is 36.4 Å². The maximum Gasteiger partial charge on any atom is 0.162 e. The normalized spacial score (nSPS) is 11.7. The number of aryl methyl sites for hydroxylation is 1. The van der Waals surface area contributed by atoms with E-state index in [1.54, 1.807) is 14.2 Å². The fraction of sp³-hybridized carbons (Fsp3) is 0.250. The van der Waals surface area contributed by atoms with Crippen LogP contribution in [0.2, 0.25) is 0 Å². The van der Waals surface area contributed by atoms with E-state index < -0.39 is 0 Å². The molecule has 26 heavy (non-hydrogen) atoms. The Hall–Kier alpha value is -3.33. The third-order valence-electron chi connectivity index (χ3n) is 4.21. The molecule has 1 N–H and O–H groups in total. The molecule has 0 saturated heterocycles. The van der Waals surface area contributed by atoms with Gasteiger partial charge in [-0.05, 0) is 37.6 Å². The van der Waals surface area contributed by atoms with E-state index in [0.717, 1.165) is 22.3 Å². The summed E-state index contributed by atoms with van der Waals surface area (Å²) in [6, 6.07) is 13.4. The van der Waals surface area contributed by atoms with Crippen LogP contribution in [-0.4, -0.2) is 24.2 Å². The first kappa shape index (κ1) is 17.5. The number of nitrogens with zero attached hydrogens (tertiary/aromatic N) is 3. The number of methoxy groups -OCH3 is 2. The zero-order chi connectivity index (χ0) is 18.7. The number of rotatable bonds is 5. The number of anilines is 1. The van der Waals surface area contributed by atoms with Crippen molar-refractivity contribution in [3.63, 3.8) is 0 Å². The van der Waals surface area contributed by atoms with Crippen molar-refractivity contribution in [1.29, 1.82) is 5.26 Å². The van der Waals surface area contributed by atoms with Crippen molar-refractivity contribution < 1.29 is 9.47 Å². The summed E-state index contributed by atoms with van der Waals surface area (Å²) < 4.78 is 10.8. The van der Waals surface area contributed by atoms with Crippen molar-refractivity contribution in [2.45, 2.75) is 19.9 Å². The van der Waals surface area contributed by atoms with E-state index in [-0.39, 0.29) is 6.04 Å². The number of nitriles is 1. The van der Waals surface area contributed by atoms with Crippen molar-refractivity contribution in [2.24, 2.45) is 0 Å².